The minimum atomic E-state index is -2.05. The van der Waals surface area contributed by atoms with E-state index in [1.165, 1.54) is 31.0 Å². The maximum absolute atomic E-state index is 14.9. The summed E-state index contributed by atoms with van der Waals surface area (Å²) in [6, 6.07) is 11.8. The van der Waals surface area contributed by atoms with Crippen molar-refractivity contribution in [1.29, 1.82) is 0 Å². The third-order valence-corrected chi connectivity index (χ3v) is 7.04. The molecule has 2 aliphatic rings. The average molecular weight is 431 g/mol. The SMILES string of the molecule is C[C@@H]1CCCN1C[C@@H]1CCCN1C(=O)c1ccc(-c2ccc(S(=O)O)cc2)cc1F. The van der Waals surface area contributed by atoms with E-state index >= 15 is 0 Å². The fourth-order valence-electron chi connectivity index (χ4n) is 4.61. The van der Waals surface area contributed by atoms with E-state index in [1.54, 1.807) is 24.3 Å². The first-order chi connectivity index (χ1) is 14.4. The molecule has 2 aliphatic heterocycles. The number of nitrogens with zero attached hydrogens (tertiary/aromatic N) is 2. The van der Waals surface area contributed by atoms with Crippen LogP contribution in [0.3, 0.4) is 0 Å². The minimum absolute atomic E-state index is 0.105. The molecule has 0 spiro atoms. The average Bonchev–Trinajstić information content (AvgIpc) is 3.37. The summed E-state index contributed by atoms with van der Waals surface area (Å²) in [4.78, 5) is 17.7. The molecule has 1 unspecified atom stereocenters. The molecule has 2 heterocycles. The molecule has 4 rings (SSSR count). The van der Waals surface area contributed by atoms with Crippen LogP contribution in [-0.4, -0.2) is 56.2 Å². The van der Waals surface area contributed by atoms with Gasteiger partial charge in [0, 0.05) is 25.2 Å². The van der Waals surface area contributed by atoms with Crippen molar-refractivity contribution in [1.82, 2.24) is 9.80 Å². The van der Waals surface area contributed by atoms with E-state index in [9.17, 15) is 13.4 Å². The van der Waals surface area contributed by atoms with Crippen molar-refractivity contribution in [3.63, 3.8) is 0 Å². The standard InChI is InChI=1S/C23H27FN2O3S/c1-16-4-2-12-25(16)15-19-5-3-13-26(19)23(27)21-11-8-18(14-22(21)24)17-6-9-20(10-7-17)30(28)29/h6-11,14,16,19H,2-5,12-13,15H2,1H3,(H,28,29)/t16-,19+/m1/s1. The molecule has 0 aromatic heterocycles. The van der Waals surface area contributed by atoms with Crippen molar-refractivity contribution < 1.29 is 17.9 Å². The fourth-order valence-corrected chi connectivity index (χ4v) is 4.98. The Balaban J connectivity index is 1.50. The molecule has 0 saturated carbocycles. The summed E-state index contributed by atoms with van der Waals surface area (Å²) in [6.07, 6.45) is 4.32. The molecule has 0 bridgehead atoms. The third-order valence-electron chi connectivity index (χ3n) is 6.36. The molecular formula is C23H27FN2O3S. The maximum Gasteiger partial charge on any atom is 0.257 e. The van der Waals surface area contributed by atoms with Crippen LogP contribution in [0.25, 0.3) is 11.1 Å². The number of amides is 1. The second-order valence-corrected chi connectivity index (χ2v) is 9.22. The van der Waals surface area contributed by atoms with E-state index in [-0.39, 0.29) is 17.5 Å². The highest BCUT2D eigenvalue weighted by Gasteiger charge is 2.33. The molecule has 5 nitrogen and oxygen atoms in total. The van der Waals surface area contributed by atoms with Gasteiger partial charge in [-0.3, -0.25) is 9.69 Å². The Bertz CT molecular complexity index is 950. The Morgan fingerprint density at radius 1 is 1.10 bits per heavy atom. The summed E-state index contributed by atoms with van der Waals surface area (Å²) in [5.74, 6) is -0.771. The molecule has 0 radical (unpaired) electrons. The summed E-state index contributed by atoms with van der Waals surface area (Å²) in [5, 5.41) is 0. The van der Waals surface area contributed by atoms with Gasteiger partial charge in [-0.05, 0) is 74.5 Å². The van der Waals surface area contributed by atoms with Gasteiger partial charge in [0.25, 0.3) is 5.91 Å². The largest absolute Gasteiger partial charge is 0.334 e. The summed E-state index contributed by atoms with van der Waals surface area (Å²) in [7, 11) is 0. The lowest BCUT2D eigenvalue weighted by Crippen LogP contribution is -2.44. The molecule has 3 atom stereocenters. The van der Waals surface area contributed by atoms with Crippen LogP contribution in [0.1, 0.15) is 43.0 Å². The minimum Gasteiger partial charge on any atom is -0.334 e. The monoisotopic (exact) mass is 430 g/mol. The Morgan fingerprint density at radius 2 is 1.80 bits per heavy atom. The summed E-state index contributed by atoms with van der Waals surface area (Å²) >= 11 is -2.05. The molecule has 1 N–H and O–H groups in total. The molecule has 2 saturated heterocycles. The zero-order valence-electron chi connectivity index (χ0n) is 17.1. The van der Waals surface area contributed by atoms with Gasteiger partial charge in [0.15, 0.2) is 11.1 Å². The lowest BCUT2D eigenvalue weighted by molar-refractivity contribution is 0.0692. The maximum atomic E-state index is 14.9. The van der Waals surface area contributed by atoms with Gasteiger partial charge in [0.1, 0.15) is 5.82 Å². The molecule has 160 valence electrons. The highest BCUT2D eigenvalue weighted by Crippen LogP contribution is 2.27. The third kappa shape index (κ3) is 4.33. The van der Waals surface area contributed by atoms with Gasteiger partial charge in [-0.15, -0.1) is 0 Å². The molecule has 2 fully saturated rings. The van der Waals surface area contributed by atoms with Crippen molar-refractivity contribution in [2.45, 2.75) is 49.6 Å². The Kier molecular flexibility index (Phi) is 6.32. The Labute approximate surface area is 179 Å². The smallest absolute Gasteiger partial charge is 0.257 e. The zero-order chi connectivity index (χ0) is 21.3. The number of benzene rings is 2. The van der Waals surface area contributed by atoms with Crippen LogP contribution in [0.4, 0.5) is 4.39 Å². The van der Waals surface area contributed by atoms with Crippen molar-refractivity contribution >= 4 is 17.0 Å². The van der Waals surface area contributed by atoms with Gasteiger partial charge in [0.05, 0.1) is 10.5 Å². The first kappa shape index (κ1) is 21.2. The van der Waals surface area contributed by atoms with E-state index in [0.717, 1.165) is 31.5 Å². The number of carbonyl (C=O) groups excluding carboxylic acids is 1. The summed E-state index contributed by atoms with van der Waals surface area (Å²) in [6.45, 7) is 4.85. The zero-order valence-corrected chi connectivity index (χ0v) is 17.9. The normalized spacial score (nSPS) is 23.1. The van der Waals surface area contributed by atoms with Crippen LogP contribution < -0.4 is 0 Å². The summed E-state index contributed by atoms with van der Waals surface area (Å²) < 4.78 is 35.1. The molecule has 2 aromatic carbocycles. The number of carbonyl (C=O) groups is 1. The van der Waals surface area contributed by atoms with E-state index in [1.807, 2.05) is 4.90 Å². The second-order valence-electron chi connectivity index (χ2n) is 8.25. The first-order valence-electron chi connectivity index (χ1n) is 10.5. The highest BCUT2D eigenvalue weighted by molar-refractivity contribution is 7.79. The predicted molar refractivity (Wildman–Crippen MR) is 115 cm³/mol. The van der Waals surface area contributed by atoms with Gasteiger partial charge >= 0.3 is 0 Å². The molecular weight excluding hydrogens is 403 g/mol. The lowest BCUT2D eigenvalue weighted by atomic mass is 10.0. The van der Waals surface area contributed by atoms with Crippen molar-refractivity contribution in [3.8, 4) is 11.1 Å². The Morgan fingerprint density at radius 3 is 2.43 bits per heavy atom. The second kappa shape index (κ2) is 8.96. The number of halogens is 1. The number of hydrogen-bond donors (Lipinski definition) is 1. The number of rotatable bonds is 5. The predicted octanol–water partition coefficient (Wildman–Crippen LogP) is 4.16. The molecule has 0 aliphatic carbocycles. The van der Waals surface area contributed by atoms with Crippen LogP contribution in [0.2, 0.25) is 0 Å². The van der Waals surface area contributed by atoms with Crippen LogP contribution in [-0.2, 0) is 11.1 Å². The lowest BCUT2D eigenvalue weighted by Gasteiger charge is -2.31. The Hall–Kier alpha value is -2.09. The van der Waals surface area contributed by atoms with Crippen molar-refractivity contribution in [3.05, 3.63) is 53.8 Å². The van der Waals surface area contributed by atoms with Crippen molar-refractivity contribution in [2.24, 2.45) is 0 Å². The highest BCUT2D eigenvalue weighted by atomic mass is 32.2. The summed E-state index contributed by atoms with van der Waals surface area (Å²) in [5.41, 5.74) is 1.46. The quantitative estimate of drug-likeness (QED) is 0.724. The van der Waals surface area contributed by atoms with E-state index in [4.69, 9.17) is 4.55 Å². The van der Waals surface area contributed by atoms with Gasteiger partial charge in [-0.2, -0.15) is 0 Å². The molecule has 2 aromatic rings. The number of hydrogen-bond acceptors (Lipinski definition) is 3. The molecule has 7 heteroatoms. The topological polar surface area (TPSA) is 60.9 Å². The van der Waals surface area contributed by atoms with Gasteiger partial charge in [0.2, 0.25) is 0 Å². The van der Waals surface area contributed by atoms with Gasteiger partial charge < -0.3 is 9.45 Å². The molecule has 1 amide bonds. The number of likely N-dealkylation sites (tertiary alicyclic amines) is 2. The van der Waals surface area contributed by atoms with Gasteiger partial charge in [-0.25, -0.2) is 8.60 Å². The van der Waals surface area contributed by atoms with Crippen LogP contribution in [0.15, 0.2) is 47.4 Å². The van der Waals surface area contributed by atoms with Gasteiger partial charge in [-0.1, -0.05) is 18.2 Å². The fraction of sp³-hybridized carbons (Fsp3) is 0.435. The van der Waals surface area contributed by atoms with Crippen LogP contribution in [0.5, 0.6) is 0 Å². The van der Waals surface area contributed by atoms with Crippen molar-refractivity contribution in [2.75, 3.05) is 19.6 Å². The van der Waals surface area contributed by atoms with E-state index in [2.05, 4.69) is 11.8 Å². The van der Waals surface area contributed by atoms with E-state index in [0.29, 0.717) is 23.0 Å². The van der Waals surface area contributed by atoms with E-state index < -0.39 is 16.9 Å². The first-order valence-corrected chi connectivity index (χ1v) is 11.6. The van der Waals surface area contributed by atoms with Crippen LogP contribution in [0, 0.1) is 5.82 Å². The van der Waals surface area contributed by atoms with Crippen LogP contribution >= 0.6 is 0 Å². The molecule has 30 heavy (non-hydrogen) atoms.